The van der Waals surface area contributed by atoms with E-state index >= 15 is 0 Å². The van der Waals surface area contributed by atoms with E-state index in [0.29, 0.717) is 0 Å². The highest BCUT2D eigenvalue weighted by atomic mass is 15.2. The third-order valence-corrected chi connectivity index (χ3v) is 11.9. The molecule has 53 heavy (non-hydrogen) atoms. The molecule has 6 aromatic carbocycles. The van der Waals surface area contributed by atoms with Crippen LogP contribution in [0.25, 0.3) is 54.6 Å². The van der Waals surface area contributed by atoms with Crippen molar-refractivity contribution in [1.82, 2.24) is 4.98 Å². The first-order valence-electron chi connectivity index (χ1n) is 18.9. The fourth-order valence-electron chi connectivity index (χ4n) is 9.11. The van der Waals surface area contributed by atoms with Gasteiger partial charge in [0.1, 0.15) is 0 Å². The van der Waals surface area contributed by atoms with Crippen LogP contribution in [0, 0.1) is 0 Å². The quantitative estimate of drug-likeness (QED) is 0.172. The Kier molecular flexibility index (Phi) is 7.04. The molecule has 2 nitrogen and oxygen atoms in total. The highest BCUT2D eigenvalue weighted by molar-refractivity contribution is 6.27. The normalized spacial score (nSPS) is 19.5. The molecule has 0 N–H and O–H groups in total. The van der Waals surface area contributed by atoms with Gasteiger partial charge < -0.3 is 4.90 Å². The van der Waals surface area contributed by atoms with Crippen molar-refractivity contribution in [3.8, 4) is 11.1 Å². The predicted octanol–water partition coefficient (Wildman–Crippen LogP) is 13.3. The number of pyridine rings is 1. The zero-order chi connectivity index (χ0) is 35.9. The van der Waals surface area contributed by atoms with Gasteiger partial charge in [0.05, 0.1) is 6.04 Å². The maximum Gasteiger partial charge on any atom is 0.0655 e. The van der Waals surface area contributed by atoms with Gasteiger partial charge in [0, 0.05) is 29.2 Å². The second-order valence-corrected chi connectivity index (χ2v) is 16.2. The summed E-state index contributed by atoms with van der Waals surface area (Å²) in [6.07, 6.45) is 23.1. The molecule has 0 fully saturated rings. The van der Waals surface area contributed by atoms with Gasteiger partial charge in [0.15, 0.2) is 0 Å². The zero-order valence-corrected chi connectivity index (χ0v) is 30.8. The highest BCUT2D eigenvalue weighted by Crippen LogP contribution is 2.53. The van der Waals surface area contributed by atoms with Gasteiger partial charge in [-0.25, -0.2) is 0 Å². The molecule has 1 aliphatic heterocycles. The van der Waals surface area contributed by atoms with Crippen molar-refractivity contribution < 1.29 is 0 Å². The van der Waals surface area contributed by atoms with Crippen molar-refractivity contribution in [2.24, 2.45) is 0 Å². The van der Waals surface area contributed by atoms with Gasteiger partial charge >= 0.3 is 0 Å². The first-order chi connectivity index (χ1) is 25.8. The summed E-state index contributed by atoms with van der Waals surface area (Å²) in [6.45, 7) is 9.33. The van der Waals surface area contributed by atoms with Crippen molar-refractivity contribution in [3.63, 3.8) is 0 Å². The summed E-state index contributed by atoms with van der Waals surface area (Å²) in [4.78, 5) is 6.92. The molecule has 10 rings (SSSR count). The lowest BCUT2D eigenvalue weighted by Gasteiger charge is -2.34. The summed E-state index contributed by atoms with van der Waals surface area (Å²) in [6, 6.07) is 39.2. The molecule has 3 aliphatic rings. The van der Waals surface area contributed by atoms with Crippen LogP contribution in [0.3, 0.4) is 0 Å². The average molecular weight is 683 g/mol. The fourth-order valence-corrected chi connectivity index (χ4v) is 9.11. The first kappa shape index (κ1) is 31.7. The van der Waals surface area contributed by atoms with Crippen LogP contribution in [-0.4, -0.2) is 11.0 Å². The summed E-state index contributed by atoms with van der Waals surface area (Å²) >= 11 is 0. The maximum atomic E-state index is 4.40. The number of hydrogen-bond donors (Lipinski definition) is 0. The Morgan fingerprint density at radius 2 is 1.53 bits per heavy atom. The molecule has 0 amide bonds. The molecule has 1 unspecified atom stereocenters. The lowest BCUT2D eigenvalue weighted by molar-refractivity contribution is 0.551. The van der Waals surface area contributed by atoms with E-state index in [1.807, 2.05) is 18.5 Å². The summed E-state index contributed by atoms with van der Waals surface area (Å²) in [7, 11) is 0. The van der Waals surface area contributed by atoms with Crippen molar-refractivity contribution in [3.05, 3.63) is 186 Å². The van der Waals surface area contributed by atoms with Crippen LogP contribution >= 0.6 is 0 Å². The van der Waals surface area contributed by atoms with E-state index in [2.05, 4.69) is 183 Å². The van der Waals surface area contributed by atoms with Crippen LogP contribution in [0.4, 0.5) is 11.4 Å². The van der Waals surface area contributed by atoms with Gasteiger partial charge in [-0.15, -0.1) is 0 Å². The lowest BCUT2D eigenvalue weighted by Crippen LogP contribution is -2.39. The van der Waals surface area contributed by atoms with E-state index < -0.39 is 0 Å². The van der Waals surface area contributed by atoms with Gasteiger partial charge in [-0.2, -0.15) is 0 Å². The number of allylic oxidation sites excluding steroid dienone is 8. The van der Waals surface area contributed by atoms with Gasteiger partial charge in [-0.3, -0.25) is 4.98 Å². The van der Waals surface area contributed by atoms with Crippen LogP contribution in [0.5, 0.6) is 0 Å². The first-order valence-corrected chi connectivity index (χ1v) is 18.9. The molecule has 0 saturated heterocycles. The number of nitrogens with zero attached hydrogens (tertiary/aromatic N) is 2. The third-order valence-electron chi connectivity index (χ3n) is 11.9. The Bertz CT molecular complexity index is 2720. The number of rotatable bonds is 4. The number of fused-ring (bicyclic) bond motifs is 3. The standard InChI is InChI=1S/C51H42N2/c1-50(2,3)39-28-36-20-23-41-43(34-13-10-12-33(18-19-34)38-14-11-27-52-32-38)31-44(42-24-21-37(29-39)48(36)49(41)42)35-22-25-46-45(30-35)51(4)26-9-8-17-47(51)53(46)40-15-6-5-7-16-40/h5-11,13-32,47H,12H2,1-4H3/t47-,51?/m0/s1. The minimum atomic E-state index is -0.161. The van der Waals surface area contributed by atoms with Crippen molar-refractivity contribution in [2.75, 3.05) is 4.90 Å². The molecule has 2 atom stereocenters. The van der Waals surface area contributed by atoms with Crippen molar-refractivity contribution >= 4 is 54.8 Å². The summed E-state index contributed by atoms with van der Waals surface area (Å²) in [5.41, 5.74) is 12.6. The van der Waals surface area contributed by atoms with E-state index in [0.717, 1.165) is 6.42 Å². The number of benzene rings is 6. The van der Waals surface area contributed by atoms with E-state index in [4.69, 9.17) is 0 Å². The van der Waals surface area contributed by atoms with E-state index in [-0.39, 0.29) is 16.9 Å². The molecule has 1 aromatic heterocycles. The Morgan fingerprint density at radius 1 is 0.736 bits per heavy atom. The molecule has 2 aliphatic carbocycles. The van der Waals surface area contributed by atoms with Gasteiger partial charge in [-0.1, -0.05) is 136 Å². The maximum absolute atomic E-state index is 4.40. The average Bonchev–Trinajstić information content (AvgIpc) is 3.28. The second kappa shape index (κ2) is 11.8. The molecular weight excluding hydrogens is 641 g/mol. The smallest absolute Gasteiger partial charge is 0.0655 e. The minimum Gasteiger partial charge on any atom is -0.333 e. The minimum absolute atomic E-state index is 0.0593. The SMILES string of the molecule is CC(C)(C)c1cc2ccc3c(C4=CC=C(c5cccnc5)CC=C4)cc(-c4ccc5c(c4)C4(C)C=CC=C[C@@H]4N5c4ccccc4)c4ccc(c1)c2c34. The van der Waals surface area contributed by atoms with Crippen molar-refractivity contribution in [1.29, 1.82) is 0 Å². The topological polar surface area (TPSA) is 16.1 Å². The Labute approximate surface area is 312 Å². The van der Waals surface area contributed by atoms with Crippen LogP contribution in [-0.2, 0) is 10.8 Å². The molecule has 2 heterocycles. The van der Waals surface area contributed by atoms with Crippen LogP contribution < -0.4 is 4.90 Å². The second-order valence-electron chi connectivity index (χ2n) is 16.2. The molecule has 256 valence electrons. The van der Waals surface area contributed by atoms with E-state index in [1.54, 1.807) is 0 Å². The van der Waals surface area contributed by atoms with E-state index in [9.17, 15) is 0 Å². The molecule has 0 saturated carbocycles. The number of para-hydroxylation sites is 1. The molecule has 0 spiro atoms. The largest absolute Gasteiger partial charge is 0.333 e. The summed E-state index contributed by atoms with van der Waals surface area (Å²) in [5, 5.41) is 7.90. The van der Waals surface area contributed by atoms with Crippen LogP contribution in [0.15, 0.2) is 164 Å². The third kappa shape index (κ3) is 4.96. The van der Waals surface area contributed by atoms with Gasteiger partial charge in [0.25, 0.3) is 0 Å². The Balaban J connectivity index is 1.23. The van der Waals surface area contributed by atoms with Gasteiger partial charge in [0.2, 0.25) is 0 Å². The number of anilines is 2. The predicted molar refractivity (Wildman–Crippen MR) is 226 cm³/mol. The van der Waals surface area contributed by atoms with E-state index in [1.165, 1.54) is 88.2 Å². The molecular formula is C51H42N2. The fraction of sp³-hybridized carbons (Fsp3) is 0.157. The molecule has 7 aromatic rings. The molecule has 2 heteroatoms. The van der Waals surface area contributed by atoms with Crippen LogP contribution in [0.2, 0.25) is 0 Å². The monoisotopic (exact) mass is 682 g/mol. The Hall–Kier alpha value is -5.99. The highest BCUT2D eigenvalue weighted by Gasteiger charge is 2.46. The summed E-state index contributed by atoms with van der Waals surface area (Å²) in [5.74, 6) is 0. The van der Waals surface area contributed by atoms with Crippen molar-refractivity contribution in [2.45, 2.75) is 51.0 Å². The van der Waals surface area contributed by atoms with Gasteiger partial charge in [-0.05, 0) is 132 Å². The molecule has 0 bridgehead atoms. The number of aromatic nitrogens is 1. The Morgan fingerprint density at radius 3 is 2.28 bits per heavy atom. The summed E-state index contributed by atoms with van der Waals surface area (Å²) < 4.78 is 0. The lowest BCUT2D eigenvalue weighted by atomic mass is 9.75. The zero-order valence-electron chi connectivity index (χ0n) is 30.8. The number of hydrogen-bond acceptors (Lipinski definition) is 2. The van der Waals surface area contributed by atoms with Crippen LogP contribution in [0.1, 0.15) is 56.4 Å². The molecule has 0 radical (unpaired) electrons.